The highest BCUT2D eigenvalue weighted by molar-refractivity contribution is 5.73. The number of fused-ring (bicyclic) bond motifs is 1. The molecule has 1 saturated carbocycles. The van der Waals surface area contributed by atoms with Crippen LogP contribution in [0.15, 0.2) is 18.2 Å². The van der Waals surface area contributed by atoms with Crippen LogP contribution in [0.1, 0.15) is 18.4 Å². The van der Waals surface area contributed by atoms with E-state index in [0.29, 0.717) is 19.2 Å². The number of ether oxygens (including phenoxy) is 2. The molecule has 1 aliphatic carbocycles. The van der Waals surface area contributed by atoms with Crippen LogP contribution in [0, 0.1) is 11.6 Å². The van der Waals surface area contributed by atoms with Gasteiger partial charge in [-0.05, 0) is 30.5 Å². The first-order chi connectivity index (χ1) is 12.6. The van der Waals surface area contributed by atoms with E-state index in [4.69, 9.17) is 19.4 Å². The first kappa shape index (κ1) is 21.5. The number of halogens is 5. The number of morpholine rings is 1. The second kappa shape index (κ2) is 8.94. The molecular weight excluding hydrogens is 377 g/mol. The van der Waals surface area contributed by atoms with Crippen molar-refractivity contribution in [3.63, 3.8) is 0 Å². The number of hydrogen-bond acceptors (Lipinski definition) is 4. The van der Waals surface area contributed by atoms with Gasteiger partial charge in [0.25, 0.3) is 0 Å². The third kappa shape index (κ3) is 5.60. The molecule has 5 nitrogen and oxygen atoms in total. The summed E-state index contributed by atoms with van der Waals surface area (Å²) in [5.74, 6) is -4.34. The van der Waals surface area contributed by atoms with Gasteiger partial charge >= 0.3 is 12.1 Å². The summed E-state index contributed by atoms with van der Waals surface area (Å²) in [6, 6.07) is 4.42. The molecule has 1 heterocycles. The summed E-state index contributed by atoms with van der Waals surface area (Å²) in [4.78, 5) is 11.2. The summed E-state index contributed by atoms with van der Waals surface area (Å²) in [5.41, 5.74) is 0.797. The van der Waals surface area contributed by atoms with Gasteiger partial charge in [0.05, 0.1) is 18.8 Å². The van der Waals surface area contributed by atoms with Crippen molar-refractivity contribution >= 4 is 5.97 Å². The minimum atomic E-state index is -5.08. The number of aliphatic carboxylic acids is 1. The fraction of sp³-hybridized carbons (Fsp3) is 0.588. The van der Waals surface area contributed by atoms with Crippen molar-refractivity contribution in [3.05, 3.63) is 35.4 Å². The minimum absolute atomic E-state index is 0.0963. The molecule has 1 aromatic carbocycles. The van der Waals surface area contributed by atoms with E-state index in [1.807, 2.05) is 0 Å². The van der Waals surface area contributed by atoms with Crippen molar-refractivity contribution in [2.24, 2.45) is 0 Å². The van der Waals surface area contributed by atoms with E-state index in [2.05, 4.69) is 4.90 Å². The quantitative estimate of drug-likeness (QED) is 0.795. The number of carbonyl (C=O) groups is 1. The van der Waals surface area contributed by atoms with Gasteiger partial charge in [0, 0.05) is 26.2 Å². The third-order valence-electron chi connectivity index (χ3n) is 4.57. The Morgan fingerprint density at radius 2 is 1.96 bits per heavy atom. The molecule has 27 heavy (non-hydrogen) atoms. The monoisotopic (exact) mass is 397 g/mol. The number of methoxy groups -OCH3 is 1. The van der Waals surface area contributed by atoms with Gasteiger partial charge < -0.3 is 14.6 Å². The van der Waals surface area contributed by atoms with Crippen LogP contribution in [0.25, 0.3) is 0 Å². The molecule has 2 aliphatic rings. The molecular formula is C17H20F5NO4. The van der Waals surface area contributed by atoms with Gasteiger partial charge in [-0.2, -0.15) is 13.2 Å². The summed E-state index contributed by atoms with van der Waals surface area (Å²) >= 11 is 0. The highest BCUT2D eigenvalue weighted by Gasteiger charge is 2.42. The number of rotatable bonds is 3. The standard InChI is InChI=1S/C15H19F2NO2.C2HF3O2/c1-19-14-5-4-13-15(14)20-7-6-18(13)9-10-2-3-11(16)12(17)8-10;3-2(4,5)1(6)7/h2-3,8,13-15H,4-7,9H2,1H3;(H,6,7)/t13-,14-,15+;/m0./s1. The zero-order valence-electron chi connectivity index (χ0n) is 14.5. The van der Waals surface area contributed by atoms with E-state index in [-0.39, 0.29) is 12.2 Å². The van der Waals surface area contributed by atoms with Gasteiger partial charge in [0.15, 0.2) is 11.6 Å². The van der Waals surface area contributed by atoms with Crippen LogP contribution in [-0.4, -0.2) is 60.7 Å². The molecule has 152 valence electrons. The summed E-state index contributed by atoms with van der Waals surface area (Å²) in [7, 11) is 1.71. The van der Waals surface area contributed by atoms with Gasteiger partial charge in [-0.3, -0.25) is 4.90 Å². The van der Waals surface area contributed by atoms with Crippen LogP contribution in [0.2, 0.25) is 0 Å². The van der Waals surface area contributed by atoms with Crippen LogP contribution < -0.4 is 0 Å². The zero-order valence-corrected chi connectivity index (χ0v) is 14.5. The van der Waals surface area contributed by atoms with E-state index in [9.17, 15) is 22.0 Å². The predicted molar refractivity (Wildman–Crippen MR) is 84.0 cm³/mol. The predicted octanol–water partition coefficient (Wildman–Crippen LogP) is 2.98. The summed E-state index contributed by atoms with van der Waals surface area (Å²) in [6.45, 7) is 2.10. The van der Waals surface area contributed by atoms with E-state index >= 15 is 0 Å². The molecule has 3 rings (SSSR count). The van der Waals surface area contributed by atoms with E-state index < -0.39 is 23.8 Å². The number of carboxylic acid groups (broad SMARTS) is 1. The maximum absolute atomic E-state index is 13.3. The van der Waals surface area contributed by atoms with Crippen LogP contribution in [-0.2, 0) is 20.8 Å². The molecule has 1 aromatic rings. The molecule has 0 radical (unpaired) electrons. The average molecular weight is 397 g/mol. The highest BCUT2D eigenvalue weighted by atomic mass is 19.4. The topological polar surface area (TPSA) is 59.0 Å². The number of benzene rings is 1. The Hall–Kier alpha value is -1.78. The smallest absolute Gasteiger partial charge is 0.475 e. The Morgan fingerprint density at radius 1 is 1.30 bits per heavy atom. The molecule has 0 spiro atoms. The maximum Gasteiger partial charge on any atom is 0.490 e. The number of nitrogens with zero attached hydrogens (tertiary/aromatic N) is 1. The molecule has 10 heteroatoms. The van der Waals surface area contributed by atoms with Crippen LogP contribution in [0.3, 0.4) is 0 Å². The molecule has 1 N–H and O–H groups in total. The zero-order chi connectivity index (χ0) is 20.2. The number of alkyl halides is 3. The lowest BCUT2D eigenvalue weighted by molar-refractivity contribution is -0.192. The maximum atomic E-state index is 13.3. The van der Waals surface area contributed by atoms with Gasteiger partial charge in [-0.15, -0.1) is 0 Å². The summed E-state index contributed by atoms with van der Waals surface area (Å²) in [6.07, 6.45) is -2.83. The molecule has 0 unspecified atom stereocenters. The van der Waals surface area contributed by atoms with Crippen molar-refractivity contribution in [2.75, 3.05) is 20.3 Å². The largest absolute Gasteiger partial charge is 0.490 e. The Balaban J connectivity index is 0.000000321. The second-order valence-corrected chi connectivity index (χ2v) is 6.28. The minimum Gasteiger partial charge on any atom is -0.475 e. The van der Waals surface area contributed by atoms with Gasteiger partial charge in [-0.1, -0.05) is 6.07 Å². The van der Waals surface area contributed by atoms with Crippen molar-refractivity contribution in [3.8, 4) is 0 Å². The average Bonchev–Trinajstić information content (AvgIpc) is 3.02. The van der Waals surface area contributed by atoms with Crippen LogP contribution >= 0.6 is 0 Å². The van der Waals surface area contributed by atoms with E-state index in [0.717, 1.165) is 24.9 Å². The van der Waals surface area contributed by atoms with E-state index in [1.54, 1.807) is 13.2 Å². The molecule has 1 saturated heterocycles. The first-order valence-electron chi connectivity index (χ1n) is 8.26. The lowest BCUT2D eigenvalue weighted by Gasteiger charge is -2.38. The lowest BCUT2D eigenvalue weighted by atomic mass is 10.1. The molecule has 3 atom stereocenters. The molecule has 0 amide bonds. The highest BCUT2D eigenvalue weighted by Crippen LogP contribution is 2.32. The van der Waals surface area contributed by atoms with E-state index in [1.165, 1.54) is 12.1 Å². The van der Waals surface area contributed by atoms with Gasteiger partial charge in [0.2, 0.25) is 0 Å². The Labute approximate surface area is 152 Å². The van der Waals surface area contributed by atoms with Crippen LogP contribution in [0.5, 0.6) is 0 Å². The Morgan fingerprint density at radius 3 is 2.52 bits per heavy atom. The van der Waals surface area contributed by atoms with Crippen molar-refractivity contribution in [1.82, 2.24) is 4.90 Å². The summed E-state index contributed by atoms with van der Waals surface area (Å²) < 4.78 is 69.2. The van der Waals surface area contributed by atoms with Gasteiger partial charge in [-0.25, -0.2) is 13.6 Å². The lowest BCUT2D eigenvalue weighted by Crippen LogP contribution is -2.51. The molecule has 0 bridgehead atoms. The molecule has 0 aromatic heterocycles. The molecule has 2 fully saturated rings. The normalized spacial score (nSPS) is 25.5. The second-order valence-electron chi connectivity index (χ2n) is 6.28. The Kier molecular flexibility index (Phi) is 7.12. The Bertz CT molecular complexity index is 655. The molecule has 1 aliphatic heterocycles. The van der Waals surface area contributed by atoms with Crippen molar-refractivity contribution < 1.29 is 41.3 Å². The number of carboxylic acids is 1. The number of hydrogen-bond donors (Lipinski definition) is 1. The SMILES string of the molecule is CO[C@H]1CC[C@H]2[C@H]1OCCN2Cc1ccc(F)c(F)c1.O=C(O)C(F)(F)F. The summed E-state index contributed by atoms with van der Waals surface area (Å²) in [5, 5.41) is 7.12. The fourth-order valence-corrected chi connectivity index (χ4v) is 3.31. The van der Waals surface area contributed by atoms with Crippen molar-refractivity contribution in [2.45, 2.75) is 43.8 Å². The van der Waals surface area contributed by atoms with Crippen molar-refractivity contribution in [1.29, 1.82) is 0 Å². The van der Waals surface area contributed by atoms with Crippen LogP contribution in [0.4, 0.5) is 22.0 Å². The first-order valence-corrected chi connectivity index (χ1v) is 8.26. The van der Waals surface area contributed by atoms with Gasteiger partial charge in [0.1, 0.15) is 0 Å². The fourth-order valence-electron chi connectivity index (χ4n) is 3.31. The third-order valence-corrected chi connectivity index (χ3v) is 4.57.